The second kappa shape index (κ2) is 4.05. The summed E-state index contributed by atoms with van der Waals surface area (Å²) in [5, 5.41) is 1.31. The van der Waals surface area contributed by atoms with Gasteiger partial charge in [-0.1, -0.05) is 12.1 Å². The molecule has 2 rings (SSSR count). The molecule has 0 aliphatic heterocycles. The zero-order valence-electron chi connectivity index (χ0n) is 7.79. The summed E-state index contributed by atoms with van der Waals surface area (Å²) in [6.07, 6.45) is 2.08. The number of pyridine rings is 1. The molecule has 0 aliphatic rings. The van der Waals surface area contributed by atoms with E-state index in [4.69, 9.17) is 0 Å². The lowest BCUT2D eigenvalue weighted by atomic mass is 10.1. The second-order valence-electron chi connectivity index (χ2n) is 3.13. The van der Waals surface area contributed by atoms with Crippen LogP contribution in [0.4, 0.5) is 0 Å². The van der Waals surface area contributed by atoms with Crippen molar-refractivity contribution in [3.63, 3.8) is 0 Å². The lowest BCUT2D eigenvalue weighted by molar-refractivity contribution is -0.645. The Morgan fingerprint density at radius 2 is 1.77 bits per heavy atom. The molecule has 0 atom stereocenters. The molecular weight excluding hydrogens is 273 g/mol. The van der Waals surface area contributed by atoms with Crippen LogP contribution in [0.2, 0.25) is 0 Å². The van der Waals surface area contributed by atoms with E-state index in [9.17, 15) is 0 Å². The summed E-state index contributed by atoms with van der Waals surface area (Å²) in [7, 11) is 2.08. The largest absolute Gasteiger partial charge is 1.00 e. The molecule has 0 aliphatic carbocycles. The fourth-order valence-electron chi connectivity index (χ4n) is 1.65. The molecule has 13 heavy (non-hydrogen) atoms. The Kier molecular flexibility index (Phi) is 3.25. The summed E-state index contributed by atoms with van der Waals surface area (Å²) >= 11 is 0. The SMILES string of the molecule is Cc1cccc2ccc[n+](C)c12.[I-]. The second-order valence-corrected chi connectivity index (χ2v) is 3.13. The first-order valence-electron chi connectivity index (χ1n) is 4.13. The number of benzene rings is 1. The van der Waals surface area contributed by atoms with Gasteiger partial charge in [-0.3, -0.25) is 0 Å². The highest BCUT2D eigenvalue weighted by Crippen LogP contribution is 2.12. The van der Waals surface area contributed by atoms with E-state index in [2.05, 4.69) is 55.1 Å². The summed E-state index contributed by atoms with van der Waals surface area (Å²) in [6.45, 7) is 2.14. The van der Waals surface area contributed by atoms with Crippen LogP contribution in [0.1, 0.15) is 5.56 Å². The number of hydrogen-bond donors (Lipinski definition) is 0. The van der Waals surface area contributed by atoms with E-state index in [1.807, 2.05) is 0 Å². The van der Waals surface area contributed by atoms with E-state index >= 15 is 0 Å². The summed E-state index contributed by atoms with van der Waals surface area (Å²) in [6, 6.07) is 10.6. The minimum Gasteiger partial charge on any atom is -1.00 e. The molecule has 1 nitrogen and oxygen atoms in total. The Labute approximate surface area is 95.4 Å². The molecule has 0 saturated carbocycles. The van der Waals surface area contributed by atoms with Gasteiger partial charge >= 0.3 is 0 Å². The monoisotopic (exact) mass is 285 g/mol. The molecule has 2 aromatic rings. The molecule has 1 aromatic heterocycles. The first-order valence-corrected chi connectivity index (χ1v) is 4.13. The quantitative estimate of drug-likeness (QED) is 0.431. The van der Waals surface area contributed by atoms with Gasteiger partial charge in [0.05, 0.1) is 0 Å². The van der Waals surface area contributed by atoms with Gasteiger partial charge in [0.1, 0.15) is 7.05 Å². The summed E-state index contributed by atoms with van der Waals surface area (Å²) in [4.78, 5) is 0. The molecule has 0 bridgehead atoms. The van der Waals surface area contributed by atoms with Crippen molar-refractivity contribution in [2.24, 2.45) is 7.05 Å². The minimum absolute atomic E-state index is 0. The summed E-state index contributed by atoms with van der Waals surface area (Å²) in [5.41, 5.74) is 2.65. The van der Waals surface area contributed by atoms with Crippen molar-refractivity contribution >= 4 is 10.9 Å². The molecule has 0 saturated heterocycles. The molecule has 0 N–H and O–H groups in total. The number of aromatic nitrogens is 1. The minimum atomic E-state index is 0. The van der Waals surface area contributed by atoms with Crippen molar-refractivity contribution in [2.75, 3.05) is 0 Å². The Morgan fingerprint density at radius 1 is 1.08 bits per heavy atom. The number of fused-ring (bicyclic) bond motifs is 1. The number of aryl methyl sites for hydroxylation is 2. The van der Waals surface area contributed by atoms with Crippen molar-refractivity contribution in [2.45, 2.75) is 6.92 Å². The van der Waals surface area contributed by atoms with E-state index in [-0.39, 0.29) is 24.0 Å². The molecule has 0 spiro atoms. The van der Waals surface area contributed by atoms with E-state index in [1.54, 1.807) is 0 Å². The van der Waals surface area contributed by atoms with Crippen LogP contribution < -0.4 is 28.5 Å². The maximum Gasteiger partial charge on any atom is 0.215 e. The predicted octanol–water partition coefficient (Wildman–Crippen LogP) is -1.02. The Balaban J connectivity index is 0.000000845. The van der Waals surface area contributed by atoms with Crippen LogP contribution in [0, 0.1) is 6.92 Å². The average Bonchev–Trinajstić information content (AvgIpc) is 2.04. The van der Waals surface area contributed by atoms with Crippen LogP contribution in [0.3, 0.4) is 0 Å². The zero-order chi connectivity index (χ0) is 8.55. The summed E-state index contributed by atoms with van der Waals surface area (Å²) < 4.78 is 2.16. The van der Waals surface area contributed by atoms with Gasteiger partial charge in [-0.2, -0.15) is 0 Å². The van der Waals surface area contributed by atoms with Crippen molar-refractivity contribution in [1.82, 2.24) is 0 Å². The Hall–Kier alpha value is -0.640. The lowest BCUT2D eigenvalue weighted by Crippen LogP contribution is -3.00. The molecule has 1 aromatic carbocycles. The highest BCUT2D eigenvalue weighted by Gasteiger charge is 2.04. The fourth-order valence-corrected chi connectivity index (χ4v) is 1.65. The fraction of sp³-hybridized carbons (Fsp3) is 0.182. The van der Waals surface area contributed by atoms with Crippen LogP contribution in [-0.2, 0) is 7.05 Å². The number of nitrogens with zero attached hydrogens (tertiary/aromatic N) is 1. The summed E-state index contributed by atoms with van der Waals surface area (Å²) in [5.74, 6) is 0. The van der Waals surface area contributed by atoms with Gasteiger partial charge in [-0.05, 0) is 19.1 Å². The molecule has 0 amide bonds. The van der Waals surface area contributed by atoms with Crippen molar-refractivity contribution < 1.29 is 28.5 Å². The van der Waals surface area contributed by atoms with E-state index < -0.39 is 0 Å². The molecule has 2 heteroatoms. The Morgan fingerprint density at radius 3 is 2.46 bits per heavy atom. The number of rotatable bonds is 0. The highest BCUT2D eigenvalue weighted by molar-refractivity contribution is 5.78. The average molecular weight is 285 g/mol. The first kappa shape index (κ1) is 10.4. The van der Waals surface area contributed by atoms with E-state index in [0.717, 1.165) is 0 Å². The Bertz CT molecular complexity index is 387. The van der Waals surface area contributed by atoms with Gasteiger partial charge in [0.25, 0.3) is 0 Å². The lowest BCUT2D eigenvalue weighted by Gasteiger charge is -1.98. The number of halogens is 1. The van der Waals surface area contributed by atoms with Gasteiger partial charge < -0.3 is 24.0 Å². The molecule has 1 heterocycles. The smallest absolute Gasteiger partial charge is 0.215 e. The van der Waals surface area contributed by atoms with E-state index in [1.165, 1.54) is 16.5 Å². The molecule has 0 unspecified atom stereocenters. The molecular formula is C11H12IN. The van der Waals surface area contributed by atoms with Gasteiger partial charge in [0.15, 0.2) is 6.20 Å². The molecule has 0 fully saturated rings. The highest BCUT2D eigenvalue weighted by atomic mass is 127. The molecule has 68 valence electrons. The standard InChI is InChI=1S/C11H12N.HI/c1-9-5-3-6-10-7-4-8-12(2)11(9)10;/h3-8H,1-2H3;1H/q+1;/p-1. The third kappa shape index (κ3) is 1.82. The maximum atomic E-state index is 2.16. The first-order chi connectivity index (χ1) is 5.79. The van der Waals surface area contributed by atoms with Crippen LogP contribution in [-0.4, -0.2) is 0 Å². The number of hydrogen-bond acceptors (Lipinski definition) is 0. The van der Waals surface area contributed by atoms with Crippen molar-refractivity contribution in [1.29, 1.82) is 0 Å². The topological polar surface area (TPSA) is 3.88 Å². The van der Waals surface area contributed by atoms with E-state index in [0.29, 0.717) is 0 Å². The number of para-hydroxylation sites is 1. The van der Waals surface area contributed by atoms with Crippen molar-refractivity contribution in [3.8, 4) is 0 Å². The van der Waals surface area contributed by atoms with Crippen LogP contribution >= 0.6 is 0 Å². The zero-order valence-corrected chi connectivity index (χ0v) is 9.95. The predicted molar refractivity (Wildman–Crippen MR) is 49.9 cm³/mol. The van der Waals surface area contributed by atoms with Crippen LogP contribution in [0.15, 0.2) is 36.5 Å². The van der Waals surface area contributed by atoms with Crippen LogP contribution in [0.25, 0.3) is 10.9 Å². The third-order valence-electron chi connectivity index (χ3n) is 2.21. The molecule has 0 radical (unpaired) electrons. The van der Waals surface area contributed by atoms with Gasteiger partial charge in [-0.25, -0.2) is 4.57 Å². The normalized spacial score (nSPS) is 9.69. The van der Waals surface area contributed by atoms with Crippen molar-refractivity contribution in [3.05, 3.63) is 42.1 Å². The van der Waals surface area contributed by atoms with Gasteiger partial charge in [0, 0.05) is 17.0 Å². The van der Waals surface area contributed by atoms with Gasteiger partial charge in [-0.15, -0.1) is 0 Å². The van der Waals surface area contributed by atoms with Gasteiger partial charge in [0.2, 0.25) is 5.52 Å². The van der Waals surface area contributed by atoms with Crippen LogP contribution in [0.5, 0.6) is 0 Å². The maximum absolute atomic E-state index is 2.16. The third-order valence-corrected chi connectivity index (χ3v) is 2.21.